The molecule has 0 bridgehead atoms. The summed E-state index contributed by atoms with van der Waals surface area (Å²) in [7, 11) is 0. The molecule has 1 aromatic carbocycles. The highest BCUT2D eigenvalue weighted by Crippen LogP contribution is 2.25. The Balaban J connectivity index is 3.06. The second-order valence-corrected chi connectivity index (χ2v) is 2.99. The molecule has 0 fully saturated rings. The number of nitrogens with two attached hydrogens (primary N) is 1. The summed E-state index contributed by atoms with van der Waals surface area (Å²) in [5.74, 6) is -1.88. The molecule has 14 heavy (non-hydrogen) atoms. The summed E-state index contributed by atoms with van der Waals surface area (Å²) in [6.07, 6.45) is 1.57. The van der Waals surface area contributed by atoms with Crippen LogP contribution in [-0.4, -0.2) is 6.04 Å². The first-order chi connectivity index (χ1) is 6.56. The first-order valence-corrected chi connectivity index (χ1v) is 4.18. The number of halogens is 2. The van der Waals surface area contributed by atoms with Gasteiger partial charge in [0.05, 0.1) is 11.4 Å². The molecule has 0 aliphatic carbocycles. The van der Waals surface area contributed by atoms with Crippen molar-refractivity contribution in [2.24, 2.45) is 0 Å². The minimum atomic E-state index is -0.960. The molecule has 0 saturated carbocycles. The van der Waals surface area contributed by atoms with Gasteiger partial charge in [-0.25, -0.2) is 8.78 Å². The van der Waals surface area contributed by atoms with Crippen LogP contribution < -0.4 is 11.1 Å². The number of nitrogen functional groups attached to an aromatic ring is 1. The lowest BCUT2D eigenvalue weighted by Crippen LogP contribution is -2.14. The van der Waals surface area contributed by atoms with Gasteiger partial charge in [-0.05, 0) is 19.1 Å². The molecule has 1 atom stereocenters. The number of hydrogen-bond donors (Lipinski definition) is 2. The molecule has 0 aliphatic rings. The Morgan fingerprint density at radius 2 is 2.14 bits per heavy atom. The number of benzene rings is 1. The van der Waals surface area contributed by atoms with Crippen LogP contribution in [0.1, 0.15) is 6.92 Å². The fourth-order valence-corrected chi connectivity index (χ4v) is 0.999. The van der Waals surface area contributed by atoms with Gasteiger partial charge in [-0.2, -0.15) is 0 Å². The van der Waals surface area contributed by atoms with Crippen LogP contribution in [0.25, 0.3) is 0 Å². The highest BCUT2D eigenvalue weighted by molar-refractivity contribution is 5.67. The molecule has 0 amide bonds. The molecule has 2 nitrogen and oxygen atoms in total. The summed E-state index contributed by atoms with van der Waals surface area (Å²) in [6.45, 7) is 5.28. The van der Waals surface area contributed by atoms with E-state index in [4.69, 9.17) is 5.73 Å². The smallest absolute Gasteiger partial charge is 0.183 e. The van der Waals surface area contributed by atoms with Gasteiger partial charge < -0.3 is 11.1 Å². The third-order valence-corrected chi connectivity index (χ3v) is 1.85. The summed E-state index contributed by atoms with van der Waals surface area (Å²) in [4.78, 5) is 0. The van der Waals surface area contributed by atoms with Gasteiger partial charge in [0.15, 0.2) is 11.6 Å². The Bertz CT molecular complexity index is 350. The number of hydrogen-bond acceptors (Lipinski definition) is 2. The van der Waals surface area contributed by atoms with Crippen LogP contribution in [0, 0.1) is 11.6 Å². The molecule has 1 rings (SSSR count). The molecule has 76 valence electrons. The fourth-order valence-electron chi connectivity index (χ4n) is 0.999. The highest BCUT2D eigenvalue weighted by atomic mass is 19.2. The summed E-state index contributed by atoms with van der Waals surface area (Å²) < 4.78 is 26.0. The monoisotopic (exact) mass is 198 g/mol. The molecule has 0 aliphatic heterocycles. The van der Waals surface area contributed by atoms with E-state index in [0.29, 0.717) is 0 Å². The Hall–Kier alpha value is -1.58. The first-order valence-electron chi connectivity index (χ1n) is 4.18. The molecule has 1 aromatic rings. The quantitative estimate of drug-likeness (QED) is 0.578. The predicted octanol–water partition coefficient (Wildman–Crippen LogP) is 2.53. The van der Waals surface area contributed by atoms with E-state index in [0.717, 1.165) is 6.07 Å². The largest absolute Gasteiger partial charge is 0.397 e. The van der Waals surface area contributed by atoms with E-state index >= 15 is 0 Å². The van der Waals surface area contributed by atoms with Crippen molar-refractivity contribution in [3.63, 3.8) is 0 Å². The molecule has 0 heterocycles. The van der Waals surface area contributed by atoms with E-state index in [2.05, 4.69) is 11.9 Å². The normalized spacial score (nSPS) is 12.2. The zero-order valence-corrected chi connectivity index (χ0v) is 7.85. The predicted molar refractivity (Wildman–Crippen MR) is 54.1 cm³/mol. The Labute approximate surface area is 81.4 Å². The van der Waals surface area contributed by atoms with Crippen LogP contribution in [0.4, 0.5) is 20.2 Å². The van der Waals surface area contributed by atoms with E-state index in [1.807, 2.05) is 0 Å². The molecule has 0 radical (unpaired) electrons. The summed E-state index contributed by atoms with van der Waals surface area (Å²) >= 11 is 0. The van der Waals surface area contributed by atoms with Crippen molar-refractivity contribution in [3.05, 3.63) is 36.4 Å². The lowest BCUT2D eigenvalue weighted by atomic mass is 10.2. The maximum Gasteiger partial charge on any atom is 0.183 e. The van der Waals surface area contributed by atoms with Crippen molar-refractivity contribution >= 4 is 11.4 Å². The molecular weight excluding hydrogens is 186 g/mol. The number of anilines is 2. The fraction of sp³-hybridized carbons (Fsp3) is 0.200. The summed E-state index contributed by atoms with van der Waals surface area (Å²) in [5.41, 5.74) is 5.65. The molecular formula is C10H12F2N2. The minimum absolute atomic E-state index is 0.0163. The van der Waals surface area contributed by atoms with E-state index in [1.54, 1.807) is 13.0 Å². The van der Waals surface area contributed by atoms with Crippen molar-refractivity contribution in [1.82, 2.24) is 0 Å². The minimum Gasteiger partial charge on any atom is -0.397 e. The van der Waals surface area contributed by atoms with Crippen LogP contribution in [0.2, 0.25) is 0 Å². The average Bonchev–Trinajstić information content (AvgIpc) is 2.18. The summed E-state index contributed by atoms with van der Waals surface area (Å²) in [6, 6.07) is 2.14. The van der Waals surface area contributed by atoms with E-state index in [-0.39, 0.29) is 17.4 Å². The van der Waals surface area contributed by atoms with Crippen LogP contribution in [0.5, 0.6) is 0 Å². The maximum atomic E-state index is 13.2. The number of rotatable bonds is 3. The van der Waals surface area contributed by atoms with E-state index in [9.17, 15) is 8.78 Å². The van der Waals surface area contributed by atoms with Crippen LogP contribution >= 0.6 is 0 Å². The van der Waals surface area contributed by atoms with Gasteiger partial charge in [-0.15, -0.1) is 6.58 Å². The Kier molecular flexibility index (Phi) is 3.06. The van der Waals surface area contributed by atoms with Crippen molar-refractivity contribution in [2.45, 2.75) is 13.0 Å². The average molecular weight is 198 g/mol. The van der Waals surface area contributed by atoms with Gasteiger partial charge in [-0.1, -0.05) is 6.08 Å². The lowest BCUT2D eigenvalue weighted by molar-refractivity contribution is 0.511. The lowest BCUT2D eigenvalue weighted by Gasteiger charge is -2.14. The zero-order valence-electron chi connectivity index (χ0n) is 7.85. The van der Waals surface area contributed by atoms with Gasteiger partial charge >= 0.3 is 0 Å². The standard InChI is InChI=1S/C10H12F2N2/c1-3-6(2)14-10-8(13)5-4-7(11)9(10)12/h3-6,14H,1,13H2,2H3. The van der Waals surface area contributed by atoms with Crippen molar-refractivity contribution in [3.8, 4) is 0 Å². The third kappa shape index (κ3) is 2.02. The number of nitrogens with one attached hydrogen (secondary N) is 1. The van der Waals surface area contributed by atoms with Crippen LogP contribution in [0.3, 0.4) is 0 Å². The Morgan fingerprint density at radius 3 is 2.71 bits per heavy atom. The van der Waals surface area contributed by atoms with Gasteiger partial charge in [0.25, 0.3) is 0 Å². The van der Waals surface area contributed by atoms with Gasteiger partial charge in [0, 0.05) is 6.04 Å². The van der Waals surface area contributed by atoms with Gasteiger partial charge in [0.2, 0.25) is 0 Å². The van der Waals surface area contributed by atoms with Crippen LogP contribution in [0.15, 0.2) is 24.8 Å². The van der Waals surface area contributed by atoms with Crippen molar-refractivity contribution in [2.75, 3.05) is 11.1 Å². The van der Waals surface area contributed by atoms with Gasteiger partial charge in [0.1, 0.15) is 0 Å². The van der Waals surface area contributed by atoms with Crippen molar-refractivity contribution in [1.29, 1.82) is 0 Å². The third-order valence-electron chi connectivity index (χ3n) is 1.85. The molecule has 0 spiro atoms. The SMILES string of the molecule is C=CC(C)Nc1c(N)ccc(F)c1F. The molecule has 0 aromatic heterocycles. The first kappa shape index (κ1) is 10.5. The van der Waals surface area contributed by atoms with E-state index < -0.39 is 11.6 Å². The second-order valence-electron chi connectivity index (χ2n) is 2.99. The van der Waals surface area contributed by atoms with E-state index in [1.165, 1.54) is 6.07 Å². The molecule has 4 heteroatoms. The molecule has 3 N–H and O–H groups in total. The van der Waals surface area contributed by atoms with Crippen molar-refractivity contribution < 1.29 is 8.78 Å². The zero-order chi connectivity index (χ0) is 10.7. The Morgan fingerprint density at radius 1 is 1.50 bits per heavy atom. The second kappa shape index (κ2) is 4.09. The molecule has 1 unspecified atom stereocenters. The topological polar surface area (TPSA) is 38.0 Å². The van der Waals surface area contributed by atoms with Crippen LogP contribution in [-0.2, 0) is 0 Å². The highest BCUT2D eigenvalue weighted by Gasteiger charge is 2.12. The molecule has 0 saturated heterocycles. The maximum absolute atomic E-state index is 13.2. The summed E-state index contributed by atoms with van der Waals surface area (Å²) in [5, 5.41) is 2.71. The van der Waals surface area contributed by atoms with Gasteiger partial charge in [-0.3, -0.25) is 0 Å².